The topological polar surface area (TPSA) is 149 Å². The number of anilines is 2. The first-order chi connectivity index (χ1) is 15.4. The number of rotatable bonds is 6. The van der Waals surface area contributed by atoms with Crippen molar-refractivity contribution in [3.63, 3.8) is 0 Å². The lowest BCUT2D eigenvalue weighted by atomic mass is 9.97. The molecule has 0 aliphatic carbocycles. The van der Waals surface area contributed by atoms with Gasteiger partial charge in [0, 0.05) is 31.4 Å². The number of benzene rings is 1. The summed E-state index contributed by atoms with van der Waals surface area (Å²) in [5.74, 6) is -0.175. The third-order valence-corrected chi connectivity index (χ3v) is 5.30. The molecule has 1 unspecified atom stereocenters. The van der Waals surface area contributed by atoms with Crippen LogP contribution in [0.5, 0.6) is 0 Å². The molecule has 1 aliphatic heterocycles. The van der Waals surface area contributed by atoms with Crippen molar-refractivity contribution in [2.45, 2.75) is 12.8 Å². The molecule has 11 nitrogen and oxygen atoms in total. The zero-order chi connectivity index (χ0) is 22.7. The summed E-state index contributed by atoms with van der Waals surface area (Å²) in [5.41, 5.74) is 6.70. The van der Waals surface area contributed by atoms with Gasteiger partial charge in [0.15, 0.2) is 5.69 Å². The fourth-order valence-corrected chi connectivity index (χ4v) is 3.58. The summed E-state index contributed by atoms with van der Waals surface area (Å²) in [6, 6.07) is 10.9. The molecule has 2 aromatic heterocycles. The Bertz CT molecular complexity index is 1140. The van der Waals surface area contributed by atoms with Gasteiger partial charge in [-0.05, 0) is 43.2 Å². The van der Waals surface area contributed by atoms with Crippen LogP contribution in [-0.4, -0.2) is 44.6 Å². The molecular weight excluding hydrogens is 414 g/mol. The van der Waals surface area contributed by atoms with E-state index in [0.717, 1.165) is 25.2 Å². The summed E-state index contributed by atoms with van der Waals surface area (Å²) >= 11 is 0. The van der Waals surface area contributed by atoms with Crippen molar-refractivity contribution in [3.8, 4) is 5.69 Å². The molecular formula is C21H21N7O4. The van der Waals surface area contributed by atoms with Crippen molar-refractivity contribution in [2.75, 3.05) is 23.3 Å². The number of nitrogens with one attached hydrogen (secondary N) is 1. The first kappa shape index (κ1) is 21.0. The van der Waals surface area contributed by atoms with E-state index in [2.05, 4.69) is 15.4 Å². The highest BCUT2D eigenvalue weighted by Crippen LogP contribution is 2.22. The maximum atomic E-state index is 12.5. The molecule has 11 heteroatoms. The van der Waals surface area contributed by atoms with Crippen LogP contribution >= 0.6 is 0 Å². The number of aromatic nitrogens is 3. The molecule has 0 radical (unpaired) electrons. The Balaban J connectivity index is 1.40. The number of amides is 2. The molecule has 32 heavy (non-hydrogen) atoms. The van der Waals surface area contributed by atoms with Crippen LogP contribution in [0.2, 0.25) is 0 Å². The predicted molar refractivity (Wildman–Crippen MR) is 117 cm³/mol. The number of carbonyl (C=O) groups excluding carboxylic acids is 2. The number of nitrogens with zero attached hydrogens (tertiary/aromatic N) is 5. The van der Waals surface area contributed by atoms with Gasteiger partial charge in [-0.25, -0.2) is 9.67 Å². The molecule has 3 N–H and O–H groups in total. The molecule has 0 saturated carbocycles. The third kappa shape index (κ3) is 4.56. The molecule has 1 aromatic carbocycles. The normalized spacial score (nSPS) is 15.9. The van der Waals surface area contributed by atoms with E-state index in [1.807, 2.05) is 4.90 Å². The lowest BCUT2D eigenvalue weighted by Gasteiger charge is -2.32. The minimum Gasteiger partial charge on any atom is -0.369 e. The lowest BCUT2D eigenvalue weighted by Crippen LogP contribution is -2.41. The average Bonchev–Trinajstić information content (AvgIpc) is 3.30. The molecule has 4 rings (SSSR count). The minimum atomic E-state index is -0.480. The zero-order valence-electron chi connectivity index (χ0n) is 17.0. The van der Waals surface area contributed by atoms with Crippen LogP contribution in [0.15, 0.2) is 54.9 Å². The summed E-state index contributed by atoms with van der Waals surface area (Å²) in [7, 11) is 0. The van der Waals surface area contributed by atoms with Crippen LogP contribution < -0.4 is 16.0 Å². The minimum absolute atomic E-state index is 0.0236. The first-order valence-corrected chi connectivity index (χ1v) is 10.0. The Labute approximate surface area is 183 Å². The molecule has 3 aromatic rings. The van der Waals surface area contributed by atoms with Gasteiger partial charge in [-0.1, -0.05) is 0 Å². The van der Waals surface area contributed by atoms with Gasteiger partial charge in [0.05, 0.1) is 28.4 Å². The second-order valence-corrected chi connectivity index (χ2v) is 7.47. The van der Waals surface area contributed by atoms with Crippen molar-refractivity contribution < 1.29 is 14.5 Å². The summed E-state index contributed by atoms with van der Waals surface area (Å²) in [4.78, 5) is 40.7. The third-order valence-electron chi connectivity index (χ3n) is 5.30. The van der Waals surface area contributed by atoms with Crippen molar-refractivity contribution in [1.29, 1.82) is 0 Å². The molecule has 164 valence electrons. The van der Waals surface area contributed by atoms with Crippen LogP contribution in [0.4, 0.5) is 17.2 Å². The van der Waals surface area contributed by atoms with Gasteiger partial charge in [-0.3, -0.25) is 19.7 Å². The summed E-state index contributed by atoms with van der Waals surface area (Å²) < 4.78 is 1.46. The SMILES string of the molecule is NC(=O)C1CCCN(c2ccc(NC(=O)c3ccn(-c4ccc([N+](=O)[O-])cc4)n3)cn2)C1. The van der Waals surface area contributed by atoms with Crippen molar-refractivity contribution in [3.05, 3.63) is 70.7 Å². The lowest BCUT2D eigenvalue weighted by molar-refractivity contribution is -0.384. The number of piperidine rings is 1. The Kier molecular flexibility index (Phi) is 5.79. The summed E-state index contributed by atoms with van der Waals surface area (Å²) in [6.07, 6.45) is 4.80. The monoisotopic (exact) mass is 435 g/mol. The van der Waals surface area contributed by atoms with Crippen molar-refractivity contribution in [2.24, 2.45) is 11.7 Å². The van der Waals surface area contributed by atoms with Gasteiger partial charge in [0.1, 0.15) is 5.82 Å². The Morgan fingerprint density at radius 3 is 2.59 bits per heavy atom. The molecule has 2 amide bonds. The molecule has 1 aliphatic rings. The van der Waals surface area contributed by atoms with Gasteiger partial charge in [-0.15, -0.1) is 0 Å². The Morgan fingerprint density at radius 1 is 1.16 bits per heavy atom. The van der Waals surface area contributed by atoms with Gasteiger partial charge in [-0.2, -0.15) is 5.10 Å². The van der Waals surface area contributed by atoms with Crippen molar-refractivity contribution in [1.82, 2.24) is 14.8 Å². The number of nitrogens with two attached hydrogens (primary N) is 1. The van der Waals surface area contributed by atoms with E-state index in [4.69, 9.17) is 5.73 Å². The van der Waals surface area contributed by atoms with Gasteiger partial charge < -0.3 is 16.0 Å². The van der Waals surface area contributed by atoms with Crippen molar-refractivity contribution >= 4 is 29.0 Å². The molecule has 1 fully saturated rings. The van der Waals surface area contributed by atoms with E-state index >= 15 is 0 Å². The summed E-state index contributed by atoms with van der Waals surface area (Å²) in [6.45, 7) is 1.33. The van der Waals surface area contributed by atoms with Crippen LogP contribution in [0.25, 0.3) is 5.69 Å². The van der Waals surface area contributed by atoms with Gasteiger partial charge in [0.25, 0.3) is 11.6 Å². The van der Waals surface area contributed by atoms with E-state index in [9.17, 15) is 19.7 Å². The van der Waals surface area contributed by atoms with E-state index in [1.165, 1.54) is 16.8 Å². The molecule has 1 atom stereocenters. The van der Waals surface area contributed by atoms with E-state index in [1.54, 1.807) is 42.7 Å². The molecule has 0 spiro atoms. The Hall–Kier alpha value is -4.28. The van der Waals surface area contributed by atoms with Crippen LogP contribution in [0.1, 0.15) is 23.3 Å². The maximum absolute atomic E-state index is 12.5. The van der Waals surface area contributed by atoms with E-state index < -0.39 is 10.8 Å². The number of primary amides is 1. The first-order valence-electron chi connectivity index (χ1n) is 10.0. The Morgan fingerprint density at radius 2 is 1.94 bits per heavy atom. The second kappa shape index (κ2) is 8.84. The fourth-order valence-electron chi connectivity index (χ4n) is 3.58. The summed E-state index contributed by atoms with van der Waals surface area (Å²) in [5, 5.41) is 17.7. The number of hydrogen-bond acceptors (Lipinski definition) is 7. The smallest absolute Gasteiger partial charge is 0.276 e. The van der Waals surface area contributed by atoms with E-state index in [0.29, 0.717) is 17.9 Å². The second-order valence-electron chi connectivity index (χ2n) is 7.47. The highest BCUT2D eigenvalue weighted by molar-refractivity contribution is 6.02. The number of nitro benzene ring substituents is 1. The highest BCUT2D eigenvalue weighted by Gasteiger charge is 2.24. The van der Waals surface area contributed by atoms with Crippen LogP contribution in [0.3, 0.4) is 0 Å². The molecule has 3 heterocycles. The maximum Gasteiger partial charge on any atom is 0.276 e. The van der Waals surface area contributed by atoms with E-state index in [-0.39, 0.29) is 23.2 Å². The standard InChI is InChI=1S/C21H21N7O4/c22-20(29)14-2-1-10-26(13-14)19-8-3-15(12-23-19)24-21(30)18-9-11-27(25-18)16-4-6-17(7-5-16)28(31)32/h3-9,11-12,14H,1-2,10,13H2,(H2,22,29)(H,24,30). The largest absolute Gasteiger partial charge is 0.369 e. The van der Waals surface area contributed by atoms with Gasteiger partial charge in [0.2, 0.25) is 5.91 Å². The number of pyridine rings is 1. The number of carbonyl (C=O) groups is 2. The fraction of sp³-hybridized carbons (Fsp3) is 0.238. The predicted octanol–water partition coefficient (Wildman–Crippen LogP) is 2.13. The van der Waals surface area contributed by atoms with Crippen LogP contribution in [0, 0.1) is 16.0 Å². The van der Waals surface area contributed by atoms with Gasteiger partial charge >= 0.3 is 0 Å². The zero-order valence-corrected chi connectivity index (χ0v) is 17.0. The molecule has 0 bridgehead atoms. The molecule has 1 saturated heterocycles. The average molecular weight is 435 g/mol. The number of non-ortho nitro benzene ring substituents is 1. The number of hydrogen-bond donors (Lipinski definition) is 2. The quantitative estimate of drug-likeness (QED) is 0.445. The van der Waals surface area contributed by atoms with Crippen LogP contribution in [-0.2, 0) is 4.79 Å². The highest BCUT2D eigenvalue weighted by atomic mass is 16.6. The number of nitro groups is 1.